The zero-order chi connectivity index (χ0) is 14.3. The highest BCUT2D eigenvalue weighted by Gasteiger charge is 2.33. The zero-order valence-electron chi connectivity index (χ0n) is 10.0. The molecular formula is C10H13F3N2O2S. The minimum absolute atomic E-state index is 0.108. The highest BCUT2D eigenvalue weighted by molar-refractivity contribution is 7.89. The lowest BCUT2D eigenvalue weighted by molar-refractivity contribution is -0.137. The number of anilines is 1. The molecule has 0 unspecified atom stereocenters. The quantitative estimate of drug-likeness (QED) is 0.842. The molecule has 0 aliphatic rings. The molecule has 1 aromatic carbocycles. The maximum atomic E-state index is 12.6. The van der Waals surface area contributed by atoms with Crippen molar-refractivity contribution in [3.05, 3.63) is 23.3 Å². The topological polar surface area (TPSA) is 63.4 Å². The van der Waals surface area contributed by atoms with Gasteiger partial charge in [0.2, 0.25) is 10.0 Å². The predicted octanol–water partition coefficient (Wildman–Crippen LogP) is 1.85. The number of halogens is 3. The van der Waals surface area contributed by atoms with Gasteiger partial charge in [0, 0.05) is 19.8 Å². The Morgan fingerprint density at radius 2 is 1.72 bits per heavy atom. The summed E-state index contributed by atoms with van der Waals surface area (Å²) in [6.07, 6.45) is -4.64. The van der Waals surface area contributed by atoms with Crippen LogP contribution in [0, 0.1) is 6.92 Å². The Bertz CT molecular complexity index is 565. The minimum Gasteiger partial charge on any atom is -0.398 e. The van der Waals surface area contributed by atoms with E-state index < -0.39 is 26.7 Å². The molecule has 102 valence electrons. The molecule has 0 atom stereocenters. The van der Waals surface area contributed by atoms with Crippen molar-refractivity contribution < 1.29 is 21.6 Å². The van der Waals surface area contributed by atoms with Gasteiger partial charge in [0.25, 0.3) is 0 Å². The van der Waals surface area contributed by atoms with Gasteiger partial charge in [0.05, 0.1) is 10.5 Å². The van der Waals surface area contributed by atoms with Gasteiger partial charge in [0.15, 0.2) is 0 Å². The van der Waals surface area contributed by atoms with Crippen molar-refractivity contribution in [2.75, 3.05) is 19.8 Å². The summed E-state index contributed by atoms with van der Waals surface area (Å²) in [7, 11) is -1.48. The fraction of sp³-hybridized carbons (Fsp3) is 0.400. The van der Waals surface area contributed by atoms with E-state index in [1.54, 1.807) is 0 Å². The summed E-state index contributed by atoms with van der Waals surface area (Å²) in [5, 5.41) is 0. The van der Waals surface area contributed by atoms with E-state index in [1.165, 1.54) is 21.0 Å². The monoisotopic (exact) mass is 282 g/mol. The van der Waals surface area contributed by atoms with Crippen LogP contribution in [0.4, 0.5) is 18.9 Å². The molecule has 0 aliphatic heterocycles. The molecule has 0 bridgehead atoms. The molecule has 4 nitrogen and oxygen atoms in total. The van der Waals surface area contributed by atoms with E-state index >= 15 is 0 Å². The molecule has 1 aromatic rings. The van der Waals surface area contributed by atoms with Gasteiger partial charge >= 0.3 is 6.18 Å². The molecule has 0 saturated carbocycles. The van der Waals surface area contributed by atoms with E-state index in [9.17, 15) is 21.6 Å². The highest BCUT2D eigenvalue weighted by atomic mass is 32.2. The van der Waals surface area contributed by atoms with E-state index in [4.69, 9.17) is 5.73 Å². The van der Waals surface area contributed by atoms with Crippen LogP contribution >= 0.6 is 0 Å². The maximum Gasteiger partial charge on any atom is 0.416 e. The van der Waals surface area contributed by atoms with Crippen LogP contribution in [0.1, 0.15) is 11.1 Å². The minimum atomic E-state index is -4.64. The second-order valence-electron chi connectivity index (χ2n) is 3.97. The van der Waals surface area contributed by atoms with Crippen molar-refractivity contribution in [3.8, 4) is 0 Å². The Labute approximate surface area is 103 Å². The number of nitrogen functional groups attached to an aromatic ring is 1. The van der Waals surface area contributed by atoms with Gasteiger partial charge < -0.3 is 5.73 Å². The first kappa shape index (κ1) is 14.8. The molecule has 1 rings (SSSR count). The SMILES string of the molecule is Cc1c(N)cc(C(F)(F)F)cc1S(=O)(=O)N(C)C. The van der Waals surface area contributed by atoms with E-state index in [2.05, 4.69) is 0 Å². The number of hydrogen-bond donors (Lipinski definition) is 1. The van der Waals surface area contributed by atoms with Crippen molar-refractivity contribution in [1.29, 1.82) is 0 Å². The molecule has 0 heterocycles. The predicted molar refractivity (Wildman–Crippen MR) is 61.5 cm³/mol. The first-order chi connectivity index (χ1) is 7.98. The van der Waals surface area contributed by atoms with Crippen LogP contribution in [0.5, 0.6) is 0 Å². The van der Waals surface area contributed by atoms with E-state index in [0.717, 1.165) is 10.4 Å². The number of rotatable bonds is 2. The van der Waals surface area contributed by atoms with Gasteiger partial charge in [-0.15, -0.1) is 0 Å². The fourth-order valence-corrected chi connectivity index (χ4v) is 2.51. The fourth-order valence-electron chi connectivity index (χ4n) is 1.34. The first-order valence-corrected chi connectivity index (χ1v) is 6.31. The molecule has 0 saturated heterocycles. The largest absolute Gasteiger partial charge is 0.416 e. The molecule has 0 amide bonds. The van der Waals surface area contributed by atoms with Gasteiger partial charge in [-0.1, -0.05) is 0 Å². The van der Waals surface area contributed by atoms with Gasteiger partial charge in [-0.3, -0.25) is 0 Å². The van der Waals surface area contributed by atoms with Crippen LogP contribution in [0.25, 0.3) is 0 Å². The van der Waals surface area contributed by atoms with Crippen molar-refractivity contribution >= 4 is 15.7 Å². The molecule has 2 N–H and O–H groups in total. The van der Waals surface area contributed by atoms with Crippen LogP contribution < -0.4 is 5.73 Å². The lowest BCUT2D eigenvalue weighted by atomic mass is 10.1. The van der Waals surface area contributed by atoms with Gasteiger partial charge in [0.1, 0.15) is 0 Å². The molecule has 8 heteroatoms. The lowest BCUT2D eigenvalue weighted by Gasteiger charge is -2.17. The molecule has 0 aliphatic carbocycles. The van der Waals surface area contributed by atoms with E-state index in [-0.39, 0.29) is 11.3 Å². The second-order valence-corrected chi connectivity index (χ2v) is 6.09. The molecule has 18 heavy (non-hydrogen) atoms. The average Bonchev–Trinajstić information content (AvgIpc) is 2.19. The van der Waals surface area contributed by atoms with Crippen molar-refractivity contribution in [2.45, 2.75) is 18.0 Å². The Morgan fingerprint density at radius 1 is 1.22 bits per heavy atom. The number of nitrogens with zero attached hydrogens (tertiary/aromatic N) is 1. The standard InChI is InChI=1S/C10H13F3N2O2S/c1-6-8(14)4-7(10(11,12)13)5-9(6)18(16,17)15(2)3/h4-5H,14H2,1-3H3. The zero-order valence-corrected chi connectivity index (χ0v) is 10.9. The molecule has 0 fully saturated rings. The van der Waals surface area contributed by atoms with E-state index in [0.29, 0.717) is 6.07 Å². The average molecular weight is 282 g/mol. The molecule has 0 aromatic heterocycles. The summed E-state index contributed by atoms with van der Waals surface area (Å²) >= 11 is 0. The normalized spacial score (nSPS) is 13.1. The van der Waals surface area contributed by atoms with Crippen molar-refractivity contribution in [1.82, 2.24) is 4.31 Å². The number of alkyl halides is 3. The summed E-state index contributed by atoms with van der Waals surface area (Å²) < 4.78 is 62.4. The third-order valence-electron chi connectivity index (χ3n) is 2.49. The van der Waals surface area contributed by atoms with Crippen LogP contribution in [0.15, 0.2) is 17.0 Å². The summed E-state index contributed by atoms with van der Waals surface area (Å²) in [6.45, 7) is 1.37. The number of sulfonamides is 1. The summed E-state index contributed by atoms with van der Waals surface area (Å²) in [5.74, 6) is 0. The Kier molecular flexibility index (Phi) is 3.64. The molecule has 0 spiro atoms. The number of nitrogens with two attached hydrogens (primary N) is 1. The third-order valence-corrected chi connectivity index (χ3v) is 4.43. The van der Waals surface area contributed by atoms with Crippen molar-refractivity contribution in [3.63, 3.8) is 0 Å². The van der Waals surface area contributed by atoms with Crippen molar-refractivity contribution in [2.24, 2.45) is 0 Å². The van der Waals surface area contributed by atoms with E-state index in [1.807, 2.05) is 0 Å². The molecular weight excluding hydrogens is 269 g/mol. The summed E-state index contributed by atoms with van der Waals surface area (Å²) in [5.41, 5.74) is 4.26. The third kappa shape index (κ3) is 2.59. The summed E-state index contributed by atoms with van der Waals surface area (Å²) in [4.78, 5) is -0.431. The maximum absolute atomic E-state index is 12.6. The first-order valence-electron chi connectivity index (χ1n) is 4.87. The lowest BCUT2D eigenvalue weighted by Crippen LogP contribution is -2.24. The Morgan fingerprint density at radius 3 is 2.11 bits per heavy atom. The smallest absolute Gasteiger partial charge is 0.398 e. The summed E-state index contributed by atoms with van der Waals surface area (Å²) in [6, 6.07) is 1.32. The highest BCUT2D eigenvalue weighted by Crippen LogP contribution is 2.34. The number of benzene rings is 1. The Hall–Kier alpha value is -1.28. The van der Waals surface area contributed by atoms with Crippen LogP contribution in [0.3, 0.4) is 0 Å². The Balaban J connectivity index is 3.61. The van der Waals surface area contributed by atoms with Gasteiger partial charge in [-0.05, 0) is 24.6 Å². The number of hydrogen-bond acceptors (Lipinski definition) is 3. The van der Waals surface area contributed by atoms with Gasteiger partial charge in [-0.2, -0.15) is 13.2 Å². The van der Waals surface area contributed by atoms with Crippen LogP contribution in [-0.4, -0.2) is 26.8 Å². The van der Waals surface area contributed by atoms with Crippen LogP contribution in [-0.2, 0) is 16.2 Å². The molecule has 0 radical (unpaired) electrons. The second kappa shape index (κ2) is 4.43. The van der Waals surface area contributed by atoms with Gasteiger partial charge in [-0.25, -0.2) is 12.7 Å². The van der Waals surface area contributed by atoms with Crippen LogP contribution in [0.2, 0.25) is 0 Å².